The van der Waals surface area contributed by atoms with E-state index in [-0.39, 0.29) is 24.5 Å². The molecule has 0 spiro atoms. The highest BCUT2D eigenvalue weighted by atomic mass is 16.5. The standard InChI is InChI=1S/C21H30N2O4/c1-16-6-5-12-22(14-16)20(24)11-13-23(17-9-10-17)21(25)15-27-19-8-4-3-7-18(19)26-2/h3-4,7-8,16-17H,5-6,9-15H2,1-2H3. The fraction of sp³-hybridized carbons (Fsp3) is 0.619. The SMILES string of the molecule is COc1ccccc1OCC(=O)N(CCC(=O)N1CCCC(C)C1)C1CC1. The predicted molar refractivity (Wildman–Crippen MR) is 103 cm³/mol. The van der Waals surface area contributed by atoms with E-state index in [9.17, 15) is 9.59 Å². The van der Waals surface area contributed by atoms with Crippen molar-refractivity contribution in [2.45, 2.75) is 45.1 Å². The molecular formula is C21H30N2O4. The average molecular weight is 374 g/mol. The Balaban J connectivity index is 1.51. The van der Waals surface area contributed by atoms with Crippen LogP contribution in [0.25, 0.3) is 0 Å². The van der Waals surface area contributed by atoms with Crippen molar-refractivity contribution < 1.29 is 19.1 Å². The first kappa shape index (κ1) is 19.5. The molecule has 0 aromatic heterocycles. The van der Waals surface area contributed by atoms with Crippen molar-refractivity contribution in [3.63, 3.8) is 0 Å². The minimum atomic E-state index is -0.0665. The molecule has 1 heterocycles. The topological polar surface area (TPSA) is 59.1 Å². The summed E-state index contributed by atoms with van der Waals surface area (Å²) >= 11 is 0. The molecule has 1 saturated heterocycles. The van der Waals surface area contributed by atoms with Crippen LogP contribution in [0.15, 0.2) is 24.3 Å². The molecular weight excluding hydrogens is 344 g/mol. The van der Waals surface area contributed by atoms with Crippen molar-refractivity contribution >= 4 is 11.8 Å². The van der Waals surface area contributed by atoms with E-state index in [4.69, 9.17) is 9.47 Å². The van der Waals surface area contributed by atoms with E-state index in [1.165, 1.54) is 6.42 Å². The van der Waals surface area contributed by atoms with Crippen molar-refractivity contribution in [1.82, 2.24) is 9.80 Å². The van der Waals surface area contributed by atoms with Gasteiger partial charge in [0.25, 0.3) is 5.91 Å². The first-order valence-corrected chi connectivity index (χ1v) is 9.91. The molecule has 1 aliphatic carbocycles. The van der Waals surface area contributed by atoms with Crippen molar-refractivity contribution in [3.8, 4) is 11.5 Å². The summed E-state index contributed by atoms with van der Waals surface area (Å²) in [6.45, 7) is 4.31. The molecule has 6 nitrogen and oxygen atoms in total. The molecule has 1 saturated carbocycles. The Morgan fingerprint density at radius 3 is 2.59 bits per heavy atom. The predicted octanol–water partition coefficient (Wildman–Crippen LogP) is 2.71. The van der Waals surface area contributed by atoms with Crippen LogP contribution < -0.4 is 9.47 Å². The third-order valence-corrected chi connectivity index (χ3v) is 5.30. The molecule has 0 radical (unpaired) electrons. The monoisotopic (exact) mass is 374 g/mol. The second kappa shape index (κ2) is 9.11. The highest BCUT2D eigenvalue weighted by Crippen LogP contribution is 2.29. The lowest BCUT2D eigenvalue weighted by Gasteiger charge is -2.32. The van der Waals surface area contributed by atoms with Crippen LogP contribution in [-0.4, -0.2) is 61.0 Å². The third-order valence-electron chi connectivity index (χ3n) is 5.30. The molecule has 1 unspecified atom stereocenters. The number of carbonyl (C=O) groups is 2. The van der Waals surface area contributed by atoms with Gasteiger partial charge in [0.1, 0.15) is 0 Å². The van der Waals surface area contributed by atoms with E-state index >= 15 is 0 Å². The number of nitrogens with zero attached hydrogens (tertiary/aromatic N) is 2. The number of amides is 2. The first-order valence-electron chi connectivity index (χ1n) is 9.91. The minimum absolute atomic E-state index is 0.0359. The van der Waals surface area contributed by atoms with E-state index in [0.29, 0.717) is 30.4 Å². The molecule has 2 fully saturated rings. The van der Waals surface area contributed by atoms with Crippen LogP contribution in [0.4, 0.5) is 0 Å². The van der Waals surface area contributed by atoms with E-state index < -0.39 is 0 Å². The molecule has 148 valence electrons. The molecule has 0 bridgehead atoms. The first-order chi connectivity index (χ1) is 13.1. The van der Waals surface area contributed by atoms with E-state index in [1.54, 1.807) is 19.2 Å². The van der Waals surface area contributed by atoms with Gasteiger partial charge < -0.3 is 19.3 Å². The minimum Gasteiger partial charge on any atom is -0.493 e. The zero-order valence-corrected chi connectivity index (χ0v) is 16.4. The van der Waals surface area contributed by atoms with Crippen LogP contribution in [0.1, 0.15) is 39.0 Å². The average Bonchev–Trinajstić information content (AvgIpc) is 3.51. The summed E-state index contributed by atoms with van der Waals surface area (Å²) in [5.74, 6) is 1.83. The van der Waals surface area contributed by atoms with Gasteiger partial charge in [-0.2, -0.15) is 0 Å². The van der Waals surface area contributed by atoms with E-state index in [1.807, 2.05) is 21.9 Å². The van der Waals surface area contributed by atoms with Gasteiger partial charge in [-0.1, -0.05) is 19.1 Å². The second-order valence-electron chi connectivity index (χ2n) is 7.59. The van der Waals surface area contributed by atoms with Gasteiger partial charge in [-0.05, 0) is 43.7 Å². The van der Waals surface area contributed by atoms with Gasteiger partial charge in [0, 0.05) is 32.1 Å². The smallest absolute Gasteiger partial charge is 0.260 e. The number of carbonyl (C=O) groups excluding carboxylic acids is 2. The number of piperidine rings is 1. The lowest BCUT2D eigenvalue weighted by molar-refractivity contribution is -0.136. The molecule has 1 atom stereocenters. The number of rotatable bonds is 8. The molecule has 0 N–H and O–H groups in total. The zero-order chi connectivity index (χ0) is 19.2. The number of ether oxygens (including phenoxy) is 2. The van der Waals surface area contributed by atoms with Gasteiger partial charge >= 0.3 is 0 Å². The van der Waals surface area contributed by atoms with Crippen LogP contribution >= 0.6 is 0 Å². The largest absolute Gasteiger partial charge is 0.493 e. The highest BCUT2D eigenvalue weighted by molar-refractivity contribution is 5.80. The lowest BCUT2D eigenvalue weighted by atomic mass is 10.00. The fourth-order valence-corrected chi connectivity index (χ4v) is 3.65. The van der Waals surface area contributed by atoms with Gasteiger partial charge in [0.2, 0.25) is 5.91 Å². The summed E-state index contributed by atoms with van der Waals surface area (Å²) in [6, 6.07) is 7.55. The molecule has 2 aliphatic rings. The van der Waals surface area contributed by atoms with Crippen molar-refractivity contribution in [2.75, 3.05) is 33.4 Å². The Morgan fingerprint density at radius 1 is 1.19 bits per heavy atom. The number of benzene rings is 1. The van der Waals surface area contributed by atoms with Crippen molar-refractivity contribution in [2.24, 2.45) is 5.92 Å². The number of para-hydroxylation sites is 2. The number of likely N-dealkylation sites (tertiary alicyclic amines) is 1. The Bertz CT molecular complexity index is 659. The summed E-state index contributed by atoms with van der Waals surface area (Å²) in [6.07, 6.45) is 4.68. The Hall–Kier alpha value is -2.24. The van der Waals surface area contributed by atoms with Gasteiger partial charge in [0.15, 0.2) is 18.1 Å². The Morgan fingerprint density at radius 2 is 1.93 bits per heavy atom. The van der Waals surface area contributed by atoms with Crippen LogP contribution in [0.2, 0.25) is 0 Å². The van der Waals surface area contributed by atoms with Gasteiger partial charge in [-0.15, -0.1) is 0 Å². The maximum Gasteiger partial charge on any atom is 0.260 e. The molecule has 1 aromatic carbocycles. The number of methoxy groups -OCH3 is 1. The summed E-state index contributed by atoms with van der Waals surface area (Å²) in [5.41, 5.74) is 0. The maximum atomic E-state index is 12.7. The Labute approximate surface area is 161 Å². The van der Waals surface area contributed by atoms with Crippen molar-refractivity contribution in [3.05, 3.63) is 24.3 Å². The summed E-state index contributed by atoms with van der Waals surface area (Å²) < 4.78 is 10.9. The third kappa shape index (κ3) is 5.37. The summed E-state index contributed by atoms with van der Waals surface area (Å²) in [7, 11) is 1.58. The van der Waals surface area contributed by atoms with Gasteiger partial charge in [0.05, 0.1) is 7.11 Å². The second-order valence-corrected chi connectivity index (χ2v) is 7.59. The molecule has 2 amide bonds. The number of hydrogen-bond acceptors (Lipinski definition) is 4. The summed E-state index contributed by atoms with van der Waals surface area (Å²) in [5, 5.41) is 0. The lowest BCUT2D eigenvalue weighted by Crippen LogP contribution is -2.43. The molecule has 1 aliphatic heterocycles. The maximum absolute atomic E-state index is 12.7. The van der Waals surface area contributed by atoms with E-state index in [2.05, 4.69) is 6.92 Å². The van der Waals surface area contributed by atoms with Crippen LogP contribution in [0.5, 0.6) is 11.5 Å². The van der Waals surface area contributed by atoms with Crippen LogP contribution in [0, 0.1) is 5.92 Å². The molecule has 1 aromatic rings. The zero-order valence-electron chi connectivity index (χ0n) is 16.4. The molecule has 3 rings (SSSR count). The normalized spacial score (nSPS) is 19.5. The van der Waals surface area contributed by atoms with E-state index in [0.717, 1.165) is 32.4 Å². The van der Waals surface area contributed by atoms with Crippen LogP contribution in [0.3, 0.4) is 0 Å². The van der Waals surface area contributed by atoms with Crippen LogP contribution in [-0.2, 0) is 9.59 Å². The van der Waals surface area contributed by atoms with Crippen molar-refractivity contribution in [1.29, 1.82) is 0 Å². The summed E-state index contributed by atoms with van der Waals surface area (Å²) in [4.78, 5) is 29.0. The van der Waals surface area contributed by atoms with Gasteiger partial charge in [-0.25, -0.2) is 0 Å². The highest BCUT2D eigenvalue weighted by Gasteiger charge is 2.33. The quantitative estimate of drug-likeness (QED) is 0.702. The molecule has 6 heteroatoms. The van der Waals surface area contributed by atoms with Gasteiger partial charge in [-0.3, -0.25) is 9.59 Å². The Kier molecular flexibility index (Phi) is 6.58. The molecule has 27 heavy (non-hydrogen) atoms. The fourth-order valence-electron chi connectivity index (χ4n) is 3.65. The number of hydrogen-bond donors (Lipinski definition) is 0.